The highest BCUT2D eigenvalue weighted by Crippen LogP contribution is 2.15. The van der Waals surface area contributed by atoms with Gasteiger partial charge in [0.05, 0.1) is 6.04 Å². The number of piperidine rings is 1. The quantitative estimate of drug-likeness (QED) is 0.732. The van der Waals surface area contributed by atoms with Crippen LogP contribution in [0.1, 0.15) is 52.2 Å². The molecule has 1 unspecified atom stereocenters. The van der Waals surface area contributed by atoms with Gasteiger partial charge < -0.3 is 16.0 Å². The van der Waals surface area contributed by atoms with Crippen LogP contribution in [0.3, 0.4) is 0 Å². The van der Waals surface area contributed by atoms with E-state index in [0.717, 1.165) is 31.5 Å². The summed E-state index contributed by atoms with van der Waals surface area (Å²) in [7, 11) is 0. The average molecular weight is 355 g/mol. The van der Waals surface area contributed by atoms with Gasteiger partial charge in [-0.15, -0.1) is 0 Å². The standard InChI is InChI=1S/C19H25N5O2/c1-2-21-18(25)15-7-5-14(6-8-15)12-22-19(26)17-9-11-24(23-17)16-4-3-10-20-13-16/h5-9,11,16,20H,2-4,10,12-13H2,1H3,(H,21,25)(H,22,26). The molecule has 3 N–H and O–H groups in total. The van der Waals surface area contributed by atoms with Crippen molar-refractivity contribution in [1.29, 1.82) is 0 Å². The maximum atomic E-state index is 12.3. The first-order valence-corrected chi connectivity index (χ1v) is 9.08. The molecule has 0 saturated carbocycles. The van der Waals surface area contributed by atoms with Gasteiger partial charge in [0.15, 0.2) is 0 Å². The summed E-state index contributed by atoms with van der Waals surface area (Å²) in [5, 5.41) is 13.4. The Labute approximate surface area is 153 Å². The minimum absolute atomic E-state index is 0.0918. The molecule has 26 heavy (non-hydrogen) atoms. The number of amides is 2. The lowest BCUT2D eigenvalue weighted by molar-refractivity contribution is 0.0939. The average Bonchev–Trinajstić information content (AvgIpc) is 3.18. The van der Waals surface area contributed by atoms with Crippen LogP contribution >= 0.6 is 0 Å². The van der Waals surface area contributed by atoms with E-state index in [4.69, 9.17) is 0 Å². The fourth-order valence-corrected chi connectivity index (χ4v) is 3.03. The molecule has 3 rings (SSSR count). The molecule has 0 radical (unpaired) electrons. The summed E-state index contributed by atoms with van der Waals surface area (Å²) >= 11 is 0. The van der Waals surface area contributed by atoms with Gasteiger partial charge in [-0.05, 0) is 50.1 Å². The molecule has 7 heteroatoms. The summed E-state index contributed by atoms with van der Waals surface area (Å²) in [6.07, 6.45) is 4.07. The molecule has 0 aliphatic carbocycles. The van der Waals surface area contributed by atoms with Crippen molar-refractivity contribution in [1.82, 2.24) is 25.7 Å². The Kier molecular flexibility index (Phi) is 6.01. The Balaban J connectivity index is 1.54. The number of benzene rings is 1. The van der Waals surface area contributed by atoms with Crippen molar-refractivity contribution in [2.24, 2.45) is 0 Å². The number of rotatable bonds is 6. The number of carbonyl (C=O) groups excluding carboxylic acids is 2. The maximum absolute atomic E-state index is 12.3. The molecular weight excluding hydrogens is 330 g/mol. The van der Waals surface area contributed by atoms with E-state index >= 15 is 0 Å². The molecule has 138 valence electrons. The van der Waals surface area contributed by atoms with Gasteiger partial charge in [0.1, 0.15) is 5.69 Å². The van der Waals surface area contributed by atoms with E-state index in [1.54, 1.807) is 18.2 Å². The highest BCUT2D eigenvalue weighted by Gasteiger charge is 2.17. The van der Waals surface area contributed by atoms with Crippen LogP contribution < -0.4 is 16.0 Å². The fourth-order valence-electron chi connectivity index (χ4n) is 3.03. The number of carbonyl (C=O) groups is 2. The number of hydrogen-bond donors (Lipinski definition) is 3. The lowest BCUT2D eigenvalue weighted by atomic mass is 10.1. The Hall–Kier alpha value is -2.67. The van der Waals surface area contributed by atoms with Gasteiger partial charge in [-0.3, -0.25) is 14.3 Å². The van der Waals surface area contributed by atoms with Gasteiger partial charge in [0, 0.05) is 31.4 Å². The second-order valence-corrected chi connectivity index (χ2v) is 6.42. The zero-order valence-corrected chi connectivity index (χ0v) is 15.0. The molecule has 1 aliphatic rings. The molecule has 1 saturated heterocycles. The highest BCUT2D eigenvalue weighted by molar-refractivity contribution is 5.94. The van der Waals surface area contributed by atoms with Crippen molar-refractivity contribution in [2.75, 3.05) is 19.6 Å². The molecule has 7 nitrogen and oxygen atoms in total. The van der Waals surface area contributed by atoms with Crippen molar-refractivity contribution in [3.05, 3.63) is 53.3 Å². The highest BCUT2D eigenvalue weighted by atomic mass is 16.2. The van der Waals surface area contributed by atoms with Gasteiger partial charge in [0.2, 0.25) is 0 Å². The summed E-state index contributed by atoms with van der Waals surface area (Å²) < 4.78 is 1.88. The van der Waals surface area contributed by atoms with Crippen LogP contribution in [0.15, 0.2) is 36.5 Å². The molecule has 1 aliphatic heterocycles. The first kappa shape index (κ1) is 18.1. The van der Waals surface area contributed by atoms with Gasteiger partial charge in [-0.25, -0.2) is 0 Å². The van der Waals surface area contributed by atoms with E-state index < -0.39 is 0 Å². The minimum atomic E-state index is -0.194. The Morgan fingerprint density at radius 1 is 1.19 bits per heavy atom. The van der Waals surface area contributed by atoms with Gasteiger partial charge >= 0.3 is 0 Å². The van der Waals surface area contributed by atoms with Gasteiger partial charge in [0.25, 0.3) is 11.8 Å². The first-order chi connectivity index (χ1) is 12.7. The van der Waals surface area contributed by atoms with E-state index in [1.807, 2.05) is 29.9 Å². The third-order valence-corrected chi connectivity index (χ3v) is 4.49. The molecule has 1 fully saturated rings. The van der Waals surface area contributed by atoms with Crippen molar-refractivity contribution in [3.8, 4) is 0 Å². The predicted molar refractivity (Wildman–Crippen MR) is 99.0 cm³/mol. The van der Waals surface area contributed by atoms with Crippen LogP contribution in [-0.4, -0.2) is 41.2 Å². The van der Waals surface area contributed by atoms with Crippen molar-refractivity contribution >= 4 is 11.8 Å². The van der Waals surface area contributed by atoms with E-state index in [0.29, 0.717) is 30.4 Å². The monoisotopic (exact) mass is 355 g/mol. The molecule has 2 heterocycles. The normalized spacial score (nSPS) is 16.9. The molecule has 0 spiro atoms. The third-order valence-electron chi connectivity index (χ3n) is 4.49. The minimum Gasteiger partial charge on any atom is -0.352 e. The Morgan fingerprint density at radius 3 is 2.69 bits per heavy atom. The van der Waals surface area contributed by atoms with Crippen molar-refractivity contribution in [3.63, 3.8) is 0 Å². The summed E-state index contributed by atoms with van der Waals surface area (Å²) in [5.74, 6) is -0.286. The smallest absolute Gasteiger partial charge is 0.272 e. The van der Waals surface area contributed by atoms with Crippen LogP contribution in [0.25, 0.3) is 0 Å². The van der Waals surface area contributed by atoms with Crippen LogP contribution in [0.2, 0.25) is 0 Å². The number of nitrogens with zero attached hydrogens (tertiary/aromatic N) is 2. The molecule has 0 bridgehead atoms. The lowest BCUT2D eigenvalue weighted by Crippen LogP contribution is -2.32. The second kappa shape index (κ2) is 8.62. The van der Waals surface area contributed by atoms with Gasteiger partial charge in [-0.1, -0.05) is 12.1 Å². The maximum Gasteiger partial charge on any atom is 0.272 e. The topological polar surface area (TPSA) is 88.0 Å². The first-order valence-electron chi connectivity index (χ1n) is 9.08. The molecule has 2 amide bonds. The lowest BCUT2D eigenvalue weighted by Gasteiger charge is -2.22. The summed E-state index contributed by atoms with van der Waals surface area (Å²) in [6.45, 7) is 4.81. The molecule has 2 aromatic rings. The SMILES string of the molecule is CCNC(=O)c1ccc(CNC(=O)c2ccn(C3CCCNC3)n2)cc1. The summed E-state index contributed by atoms with van der Waals surface area (Å²) in [5.41, 5.74) is 1.97. The van der Waals surface area contributed by atoms with E-state index in [2.05, 4.69) is 21.0 Å². The summed E-state index contributed by atoms with van der Waals surface area (Å²) in [6, 6.07) is 9.28. The molecule has 1 aromatic carbocycles. The van der Waals surface area contributed by atoms with E-state index in [1.165, 1.54) is 0 Å². The Morgan fingerprint density at radius 2 is 2.00 bits per heavy atom. The largest absolute Gasteiger partial charge is 0.352 e. The van der Waals surface area contributed by atoms with Crippen LogP contribution in [-0.2, 0) is 6.54 Å². The molecular formula is C19H25N5O2. The fraction of sp³-hybridized carbons (Fsp3) is 0.421. The third kappa shape index (κ3) is 4.49. The molecule has 1 aromatic heterocycles. The number of aromatic nitrogens is 2. The number of hydrogen-bond acceptors (Lipinski definition) is 4. The van der Waals surface area contributed by atoms with E-state index in [9.17, 15) is 9.59 Å². The van der Waals surface area contributed by atoms with Crippen LogP contribution in [0.5, 0.6) is 0 Å². The second-order valence-electron chi connectivity index (χ2n) is 6.42. The van der Waals surface area contributed by atoms with Gasteiger partial charge in [-0.2, -0.15) is 5.10 Å². The Bertz CT molecular complexity index is 748. The van der Waals surface area contributed by atoms with E-state index in [-0.39, 0.29) is 11.8 Å². The molecule has 1 atom stereocenters. The number of nitrogens with one attached hydrogen (secondary N) is 3. The van der Waals surface area contributed by atoms with Crippen LogP contribution in [0, 0.1) is 0 Å². The van der Waals surface area contributed by atoms with Crippen molar-refractivity contribution in [2.45, 2.75) is 32.4 Å². The van der Waals surface area contributed by atoms with Crippen molar-refractivity contribution < 1.29 is 9.59 Å². The zero-order valence-electron chi connectivity index (χ0n) is 15.0. The van der Waals surface area contributed by atoms with Crippen LogP contribution in [0.4, 0.5) is 0 Å². The zero-order chi connectivity index (χ0) is 18.4. The summed E-state index contributed by atoms with van der Waals surface area (Å²) in [4.78, 5) is 24.1. The predicted octanol–water partition coefficient (Wildman–Crippen LogP) is 1.49.